The first kappa shape index (κ1) is 23.3. The molecule has 0 bridgehead atoms. The van der Waals surface area contributed by atoms with Crippen molar-refractivity contribution in [2.75, 3.05) is 11.5 Å². The van der Waals surface area contributed by atoms with Gasteiger partial charge in [-0.1, -0.05) is 67.6 Å². The lowest BCUT2D eigenvalue weighted by Gasteiger charge is -2.18. The van der Waals surface area contributed by atoms with Gasteiger partial charge in [-0.2, -0.15) is 16.9 Å². The summed E-state index contributed by atoms with van der Waals surface area (Å²) in [6, 6.07) is 17.2. The number of benzene rings is 2. The highest BCUT2D eigenvalue weighted by Gasteiger charge is 2.27. The number of aliphatic carboxylic acids is 1. The van der Waals surface area contributed by atoms with E-state index in [1.165, 1.54) is 7.05 Å². The number of carbonyl (C=O) groups is 2. The molecule has 1 atom stereocenters. The molecule has 1 aromatic heterocycles. The fraction of sp³-hybridized carbons (Fsp3) is 0.250. The summed E-state index contributed by atoms with van der Waals surface area (Å²) in [5, 5.41) is 16.6. The first-order valence-electron chi connectivity index (χ1n) is 10.3. The van der Waals surface area contributed by atoms with Crippen molar-refractivity contribution in [3.8, 4) is 22.4 Å². The largest absolute Gasteiger partial charge is 0.480 e. The molecule has 2 aromatic carbocycles. The molecule has 0 saturated heterocycles. The quantitative estimate of drug-likeness (QED) is 0.483. The van der Waals surface area contributed by atoms with Crippen molar-refractivity contribution in [3.63, 3.8) is 0 Å². The van der Waals surface area contributed by atoms with Gasteiger partial charge < -0.3 is 10.4 Å². The smallest absolute Gasteiger partial charge is 0.326 e. The minimum atomic E-state index is -1.13. The van der Waals surface area contributed by atoms with Crippen LogP contribution < -0.4 is 10.9 Å². The number of rotatable bonds is 9. The molecule has 7 nitrogen and oxygen atoms in total. The Balaban J connectivity index is 2.16. The highest BCUT2D eigenvalue weighted by atomic mass is 32.2. The van der Waals surface area contributed by atoms with E-state index in [1.807, 2.05) is 55.5 Å². The van der Waals surface area contributed by atoms with E-state index in [1.54, 1.807) is 23.9 Å². The highest BCUT2D eigenvalue weighted by molar-refractivity contribution is 7.99. The monoisotopic (exact) mass is 451 g/mol. The van der Waals surface area contributed by atoms with Crippen LogP contribution in [0.1, 0.15) is 23.7 Å². The molecule has 3 rings (SSSR count). The van der Waals surface area contributed by atoms with E-state index in [-0.39, 0.29) is 12.0 Å². The van der Waals surface area contributed by atoms with E-state index in [2.05, 4.69) is 10.4 Å². The lowest BCUT2D eigenvalue weighted by Crippen LogP contribution is -2.44. The van der Waals surface area contributed by atoms with Gasteiger partial charge in [-0.3, -0.25) is 9.59 Å². The van der Waals surface area contributed by atoms with Crippen LogP contribution in [-0.2, 0) is 11.8 Å². The van der Waals surface area contributed by atoms with Gasteiger partial charge in [0, 0.05) is 18.2 Å². The molecule has 0 saturated carbocycles. The maximum Gasteiger partial charge on any atom is 0.326 e. The zero-order chi connectivity index (χ0) is 23.1. The van der Waals surface area contributed by atoms with E-state index >= 15 is 0 Å². The minimum Gasteiger partial charge on any atom is -0.480 e. The number of nitrogens with zero attached hydrogens (tertiary/aromatic N) is 2. The molecular formula is C24H25N3O4S. The molecule has 0 fully saturated rings. The third-order valence-corrected chi connectivity index (χ3v) is 5.87. The van der Waals surface area contributed by atoms with Gasteiger partial charge in [0.25, 0.3) is 11.5 Å². The summed E-state index contributed by atoms with van der Waals surface area (Å²) >= 11 is 1.59. The first-order chi connectivity index (χ1) is 15.4. The number of hydrogen-bond acceptors (Lipinski definition) is 5. The molecule has 0 radical (unpaired) electrons. The third kappa shape index (κ3) is 5.26. The van der Waals surface area contributed by atoms with E-state index in [4.69, 9.17) is 0 Å². The lowest BCUT2D eigenvalue weighted by atomic mass is 9.95. The van der Waals surface area contributed by atoms with E-state index < -0.39 is 23.5 Å². The maximum atomic E-state index is 13.3. The summed E-state index contributed by atoms with van der Waals surface area (Å²) in [4.78, 5) is 38.1. The van der Waals surface area contributed by atoms with Gasteiger partial charge in [-0.05, 0) is 23.5 Å². The van der Waals surface area contributed by atoms with Gasteiger partial charge in [-0.15, -0.1) is 0 Å². The topological polar surface area (TPSA) is 101 Å². The van der Waals surface area contributed by atoms with E-state index in [0.717, 1.165) is 16.0 Å². The van der Waals surface area contributed by atoms with Crippen LogP contribution in [0, 0.1) is 0 Å². The van der Waals surface area contributed by atoms with Gasteiger partial charge >= 0.3 is 5.97 Å². The molecule has 0 spiro atoms. The molecule has 3 aromatic rings. The van der Waals surface area contributed by atoms with Crippen LogP contribution in [0.2, 0.25) is 0 Å². The van der Waals surface area contributed by atoms with Crippen molar-refractivity contribution in [2.24, 2.45) is 7.05 Å². The second kappa shape index (κ2) is 10.8. The second-order valence-electron chi connectivity index (χ2n) is 7.11. The van der Waals surface area contributed by atoms with Gasteiger partial charge in [-0.25, -0.2) is 9.48 Å². The molecule has 32 heavy (non-hydrogen) atoms. The second-order valence-corrected chi connectivity index (χ2v) is 8.50. The molecule has 2 N–H and O–H groups in total. The Morgan fingerprint density at radius 2 is 1.66 bits per heavy atom. The van der Waals surface area contributed by atoms with Crippen LogP contribution >= 0.6 is 11.8 Å². The zero-order valence-corrected chi connectivity index (χ0v) is 18.8. The number of carbonyl (C=O) groups excluding carboxylic acids is 1. The van der Waals surface area contributed by atoms with Gasteiger partial charge in [0.05, 0.1) is 5.69 Å². The molecule has 0 aliphatic heterocycles. The summed E-state index contributed by atoms with van der Waals surface area (Å²) in [6.07, 6.45) is 0.261. The van der Waals surface area contributed by atoms with Gasteiger partial charge in [0.2, 0.25) is 0 Å². The fourth-order valence-corrected chi connectivity index (χ4v) is 4.05. The van der Waals surface area contributed by atoms with Crippen LogP contribution in [0.25, 0.3) is 22.4 Å². The Labute approximate surface area is 190 Å². The number of carboxylic acids is 1. The third-order valence-electron chi connectivity index (χ3n) is 4.94. The van der Waals surface area contributed by atoms with Crippen LogP contribution in [-0.4, -0.2) is 44.3 Å². The highest BCUT2D eigenvalue weighted by Crippen LogP contribution is 2.31. The number of aromatic nitrogens is 2. The number of amides is 1. The minimum absolute atomic E-state index is 0.123. The summed E-state index contributed by atoms with van der Waals surface area (Å²) in [5.74, 6) is -0.421. The Hall–Kier alpha value is -3.39. The lowest BCUT2D eigenvalue weighted by molar-refractivity contribution is -0.139. The zero-order valence-electron chi connectivity index (χ0n) is 17.9. The first-order valence-corrected chi connectivity index (χ1v) is 11.4. The predicted octanol–water partition coefficient (Wildman–Crippen LogP) is 3.44. The van der Waals surface area contributed by atoms with Crippen molar-refractivity contribution in [1.29, 1.82) is 0 Å². The summed E-state index contributed by atoms with van der Waals surface area (Å²) in [5.41, 5.74) is 1.53. The van der Waals surface area contributed by atoms with Crippen molar-refractivity contribution in [2.45, 2.75) is 19.4 Å². The van der Waals surface area contributed by atoms with Crippen LogP contribution in [0.4, 0.5) is 0 Å². The van der Waals surface area contributed by atoms with Gasteiger partial charge in [0.15, 0.2) is 0 Å². The Kier molecular flexibility index (Phi) is 7.83. The van der Waals surface area contributed by atoms with Crippen LogP contribution in [0.15, 0.2) is 65.5 Å². The number of carboxylic acid groups (broad SMARTS) is 1. The molecule has 1 unspecified atom stereocenters. The van der Waals surface area contributed by atoms with E-state index in [0.29, 0.717) is 22.6 Å². The van der Waals surface area contributed by atoms with Crippen molar-refractivity contribution in [1.82, 2.24) is 15.1 Å². The average molecular weight is 452 g/mol. The molecule has 8 heteroatoms. The maximum absolute atomic E-state index is 13.3. The number of nitrogens with one attached hydrogen (secondary N) is 1. The van der Waals surface area contributed by atoms with Crippen molar-refractivity contribution < 1.29 is 14.7 Å². The molecule has 166 valence electrons. The number of aryl methyl sites for hydroxylation is 1. The normalized spacial score (nSPS) is 11.7. The fourth-order valence-electron chi connectivity index (χ4n) is 3.36. The average Bonchev–Trinajstić information content (AvgIpc) is 2.80. The SMILES string of the molecule is CCSCCC(NC(=O)c1c(-c2ccccc2)c(-c2ccccc2)nn(C)c1=O)C(=O)O. The molecule has 1 amide bonds. The summed E-state index contributed by atoms with van der Waals surface area (Å²) in [6.45, 7) is 1.98. The molecule has 0 aliphatic rings. The van der Waals surface area contributed by atoms with Gasteiger partial charge in [0.1, 0.15) is 11.6 Å². The summed E-state index contributed by atoms with van der Waals surface area (Å²) in [7, 11) is 1.48. The Bertz CT molecular complexity index is 1150. The van der Waals surface area contributed by atoms with Crippen molar-refractivity contribution in [3.05, 3.63) is 76.6 Å². The van der Waals surface area contributed by atoms with Crippen molar-refractivity contribution >= 4 is 23.6 Å². The number of thioether (sulfide) groups is 1. The molecule has 0 aliphatic carbocycles. The predicted molar refractivity (Wildman–Crippen MR) is 127 cm³/mol. The standard InChI is InChI=1S/C24H25N3O4S/c1-3-32-15-14-18(24(30)31)25-22(28)20-19(16-10-6-4-7-11-16)21(26-27(2)23(20)29)17-12-8-5-9-13-17/h4-13,18H,3,14-15H2,1-2H3,(H,25,28)(H,30,31). The van der Waals surface area contributed by atoms with Crippen LogP contribution in [0.5, 0.6) is 0 Å². The number of hydrogen-bond donors (Lipinski definition) is 2. The molecular weight excluding hydrogens is 426 g/mol. The Morgan fingerprint density at radius 3 is 2.22 bits per heavy atom. The molecule has 1 heterocycles. The Morgan fingerprint density at radius 1 is 1.06 bits per heavy atom. The van der Waals surface area contributed by atoms with Crippen LogP contribution in [0.3, 0.4) is 0 Å². The van der Waals surface area contributed by atoms with E-state index in [9.17, 15) is 19.5 Å². The summed E-state index contributed by atoms with van der Waals surface area (Å²) < 4.78 is 1.12.